The number of pyridine rings is 1. The van der Waals surface area contributed by atoms with Crippen LogP contribution in [0.4, 0.5) is 17.3 Å². The van der Waals surface area contributed by atoms with Gasteiger partial charge >= 0.3 is 0 Å². The first-order valence-corrected chi connectivity index (χ1v) is 13.8. The summed E-state index contributed by atoms with van der Waals surface area (Å²) in [7, 11) is 0. The minimum atomic E-state index is -0.361. The summed E-state index contributed by atoms with van der Waals surface area (Å²) in [6, 6.07) is 11.4. The van der Waals surface area contributed by atoms with Crippen molar-refractivity contribution in [3.05, 3.63) is 65.6 Å². The van der Waals surface area contributed by atoms with Gasteiger partial charge in [0.05, 0.1) is 0 Å². The number of hydrogen-bond donors (Lipinski definition) is 1. The van der Waals surface area contributed by atoms with Gasteiger partial charge < -0.3 is 20.0 Å². The number of nitrogens with zero attached hydrogens (tertiary/aromatic N) is 6. The van der Waals surface area contributed by atoms with Gasteiger partial charge in [0.2, 0.25) is 17.8 Å². The van der Waals surface area contributed by atoms with Gasteiger partial charge in [-0.3, -0.25) is 19.0 Å². The SMILES string of the molecule is C=CC(=O)N1CC(CCn2c(=O)ccc3cnc(Nc4ccc(N5CCN(C(=O)C(C)(C)C)CC5)cc4)nc32)C1. The summed E-state index contributed by atoms with van der Waals surface area (Å²) in [5.41, 5.74) is 2.06. The molecule has 5 rings (SSSR count). The second-order valence-electron chi connectivity index (χ2n) is 11.6. The van der Waals surface area contributed by atoms with Gasteiger partial charge in [0.25, 0.3) is 5.56 Å². The Balaban J connectivity index is 1.22. The van der Waals surface area contributed by atoms with E-state index in [0.717, 1.165) is 36.3 Å². The third kappa shape index (κ3) is 5.85. The zero-order chi connectivity index (χ0) is 28.4. The van der Waals surface area contributed by atoms with Crippen LogP contribution in [0.3, 0.4) is 0 Å². The van der Waals surface area contributed by atoms with Crippen LogP contribution in [0.1, 0.15) is 27.2 Å². The molecule has 10 nitrogen and oxygen atoms in total. The number of anilines is 3. The first kappa shape index (κ1) is 27.4. The number of hydrogen-bond acceptors (Lipinski definition) is 7. The molecule has 0 unspecified atom stereocenters. The molecule has 1 N–H and O–H groups in total. The highest BCUT2D eigenvalue weighted by Gasteiger charge is 2.30. The van der Waals surface area contributed by atoms with Gasteiger partial charge in [-0.05, 0) is 48.7 Å². The molecule has 2 saturated heterocycles. The van der Waals surface area contributed by atoms with Crippen LogP contribution in [0, 0.1) is 11.3 Å². The Morgan fingerprint density at radius 2 is 1.73 bits per heavy atom. The summed E-state index contributed by atoms with van der Waals surface area (Å²) in [6.07, 6.45) is 3.84. The van der Waals surface area contributed by atoms with Crippen molar-refractivity contribution in [2.45, 2.75) is 33.7 Å². The first-order valence-electron chi connectivity index (χ1n) is 13.8. The van der Waals surface area contributed by atoms with Gasteiger partial charge in [-0.2, -0.15) is 4.98 Å². The number of rotatable bonds is 7. The molecule has 0 radical (unpaired) electrons. The van der Waals surface area contributed by atoms with E-state index >= 15 is 0 Å². The monoisotopic (exact) mass is 543 g/mol. The summed E-state index contributed by atoms with van der Waals surface area (Å²) < 4.78 is 1.69. The molecule has 1 aromatic carbocycles. The molecular weight excluding hydrogens is 506 g/mol. The molecule has 2 fully saturated rings. The van der Waals surface area contributed by atoms with Gasteiger partial charge in [0.1, 0.15) is 5.65 Å². The Labute approximate surface area is 234 Å². The molecule has 210 valence electrons. The number of carbonyl (C=O) groups excluding carboxylic acids is 2. The average molecular weight is 544 g/mol. The van der Waals surface area contributed by atoms with Gasteiger partial charge in [0.15, 0.2) is 0 Å². The molecule has 3 aromatic rings. The minimum absolute atomic E-state index is 0.0507. The zero-order valence-electron chi connectivity index (χ0n) is 23.5. The van der Waals surface area contributed by atoms with E-state index < -0.39 is 0 Å². The molecule has 2 amide bonds. The zero-order valence-corrected chi connectivity index (χ0v) is 23.5. The van der Waals surface area contributed by atoms with Crippen LogP contribution in [-0.4, -0.2) is 75.4 Å². The van der Waals surface area contributed by atoms with Crippen molar-refractivity contribution in [1.82, 2.24) is 24.3 Å². The minimum Gasteiger partial charge on any atom is -0.368 e. The number of benzene rings is 1. The van der Waals surface area contributed by atoms with Crippen molar-refractivity contribution in [2.24, 2.45) is 11.3 Å². The van der Waals surface area contributed by atoms with Gasteiger partial charge in [-0.15, -0.1) is 0 Å². The molecular formula is C30H37N7O3. The number of piperazine rings is 1. The van der Waals surface area contributed by atoms with Crippen molar-refractivity contribution in [3.8, 4) is 0 Å². The molecule has 2 aliphatic heterocycles. The lowest BCUT2D eigenvalue weighted by atomic mass is 9.94. The first-order chi connectivity index (χ1) is 19.1. The number of nitrogens with one attached hydrogen (secondary N) is 1. The summed E-state index contributed by atoms with van der Waals surface area (Å²) in [5, 5.41) is 4.05. The van der Waals surface area contributed by atoms with Crippen LogP contribution in [0.2, 0.25) is 0 Å². The number of carbonyl (C=O) groups is 2. The maximum absolute atomic E-state index is 12.7. The van der Waals surface area contributed by atoms with Gasteiger partial charge in [0, 0.05) is 80.3 Å². The Kier molecular flexibility index (Phi) is 7.60. The number of amides is 2. The molecule has 40 heavy (non-hydrogen) atoms. The standard InChI is InChI=1S/C30H37N7O3/c1-5-25(38)36-19-21(20-36)12-13-37-26(39)11-6-22-18-31-29(33-27(22)37)32-23-7-9-24(10-8-23)34-14-16-35(17-15-34)28(40)30(2,3)4/h5-11,18,21H,1,12-17,19-20H2,2-4H3,(H,31,32,33). The van der Waals surface area contributed by atoms with Crippen molar-refractivity contribution in [1.29, 1.82) is 0 Å². The number of fused-ring (bicyclic) bond motifs is 1. The number of aryl methyl sites for hydroxylation is 1. The van der Waals surface area contributed by atoms with E-state index in [9.17, 15) is 14.4 Å². The predicted molar refractivity (Wildman–Crippen MR) is 157 cm³/mol. The lowest BCUT2D eigenvalue weighted by Crippen LogP contribution is -2.51. The van der Waals surface area contributed by atoms with E-state index in [4.69, 9.17) is 0 Å². The van der Waals surface area contributed by atoms with Crippen molar-refractivity contribution in [2.75, 3.05) is 49.5 Å². The summed E-state index contributed by atoms with van der Waals surface area (Å²) in [6.45, 7) is 14.3. The van der Waals surface area contributed by atoms with Crippen molar-refractivity contribution in [3.63, 3.8) is 0 Å². The largest absolute Gasteiger partial charge is 0.368 e. The Morgan fingerprint density at radius 3 is 2.38 bits per heavy atom. The molecule has 0 bridgehead atoms. The van der Waals surface area contributed by atoms with E-state index in [0.29, 0.717) is 50.2 Å². The van der Waals surface area contributed by atoms with Crippen LogP contribution in [0.5, 0.6) is 0 Å². The second-order valence-corrected chi connectivity index (χ2v) is 11.6. The Hall–Kier alpha value is -4.21. The molecule has 2 aromatic heterocycles. The lowest BCUT2D eigenvalue weighted by Gasteiger charge is -2.38. The molecule has 4 heterocycles. The maximum atomic E-state index is 12.7. The third-order valence-corrected chi connectivity index (χ3v) is 7.62. The van der Waals surface area contributed by atoms with Crippen molar-refractivity contribution < 1.29 is 9.59 Å². The van der Waals surface area contributed by atoms with Gasteiger partial charge in [-0.1, -0.05) is 27.4 Å². The van der Waals surface area contributed by atoms with E-state index in [2.05, 4.69) is 38.9 Å². The molecule has 2 aliphatic rings. The second kappa shape index (κ2) is 11.1. The van der Waals surface area contributed by atoms with Crippen LogP contribution in [0.25, 0.3) is 11.0 Å². The summed E-state index contributed by atoms with van der Waals surface area (Å²) >= 11 is 0. The number of aromatic nitrogens is 3. The highest BCUT2D eigenvalue weighted by molar-refractivity contribution is 5.87. The smallest absolute Gasteiger partial charge is 0.252 e. The highest BCUT2D eigenvalue weighted by atomic mass is 16.2. The van der Waals surface area contributed by atoms with Crippen LogP contribution >= 0.6 is 0 Å². The lowest BCUT2D eigenvalue weighted by molar-refractivity contribution is -0.139. The molecule has 0 spiro atoms. The van der Waals surface area contributed by atoms with E-state index in [1.165, 1.54) is 6.08 Å². The fourth-order valence-corrected chi connectivity index (χ4v) is 5.25. The summed E-state index contributed by atoms with van der Waals surface area (Å²) in [5.74, 6) is 0.915. The average Bonchev–Trinajstić information content (AvgIpc) is 2.92. The highest BCUT2D eigenvalue weighted by Crippen LogP contribution is 2.24. The fourth-order valence-electron chi connectivity index (χ4n) is 5.25. The van der Waals surface area contributed by atoms with E-state index in [-0.39, 0.29) is 22.8 Å². The fraction of sp³-hybridized carbons (Fsp3) is 0.433. The van der Waals surface area contributed by atoms with Crippen LogP contribution in [0.15, 0.2) is 60.0 Å². The summed E-state index contributed by atoms with van der Waals surface area (Å²) in [4.78, 5) is 52.1. The quantitative estimate of drug-likeness (QED) is 0.456. The normalized spacial score (nSPS) is 16.1. The van der Waals surface area contributed by atoms with Gasteiger partial charge in [-0.25, -0.2) is 4.98 Å². The van der Waals surface area contributed by atoms with Crippen LogP contribution in [-0.2, 0) is 16.1 Å². The molecule has 0 saturated carbocycles. The van der Waals surface area contributed by atoms with E-state index in [1.54, 1.807) is 27.8 Å². The molecule has 0 atom stereocenters. The number of likely N-dealkylation sites (tertiary alicyclic amines) is 1. The Morgan fingerprint density at radius 1 is 1.02 bits per heavy atom. The molecule has 0 aliphatic carbocycles. The topological polar surface area (TPSA) is 104 Å². The van der Waals surface area contributed by atoms with Crippen LogP contribution < -0.4 is 15.8 Å². The van der Waals surface area contributed by atoms with E-state index in [1.807, 2.05) is 37.8 Å². The van der Waals surface area contributed by atoms with Crippen molar-refractivity contribution >= 4 is 40.2 Å². The predicted octanol–water partition coefficient (Wildman–Crippen LogP) is 3.26. The Bertz CT molecular complexity index is 1460. The maximum Gasteiger partial charge on any atom is 0.252 e. The third-order valence-electron chi connectivity index (χ3n) is 7.62. The molecule has 10 heteroatoms.